The Bertz CT molecular complexity index is 1130. The molecule has 172 valence electrons. The van der Waals surface area contributed by atoms with Crippen LogP contribution in [0.25, 0.3) is 11.3 Å². The molecule has 0 fully saturated rings. The van der Waals surface area contributed by atoms with Gasteiger partial charge in [-0.3, -0.25) is 20.0 Å². The summed E-state index contributed by atoms with van der Waals surface area (Å²) in [6.45, 7) is 1.17. The number of unbranched alkanes of at least 4 members (excludes halogenated alkanes) is 2. The van der Waals surface area contributed by atoms with Crippen molar-refractivity contribution < 1.29 is 19.2 Å². The van der Waals surface area contributed by atoms with Gasteiger partial charge in [-0.25, -0.2) is 0 Å². The van der Waals surface area contributed by atoms with Crippen molar-refractivity contribution in [3.05, 3.63) is 69.9 Å². The van der Waals surface area contributed by atoms with Gasteiger partial charge in [-0.2, -0.15) is 5.10 Å². The molecule has 1 aliphatic heterocycles. The summed E-state index contributed by atoms with van der Waals surface area (Å²) in [6, 6.07) is 14.7. The summed E-state index contributed by atoms with van der Waals surface area (Å²) in [4.78, 5) is 25.3. The van der Waals surface area contributed by atoms with Crippen LogP contribution in [0.5, 0.6) is 11.5 Å². The molecule has 0 saturated carbocycles. The van der Waals surface area contributed by atoms with Crippen molar-refractivity contribution in [1.82, 2.24) is 15.1 Å². The molecule has 1 amide bonds. The minimum Gasteiger partial charge on any atom is -0.486 e. The molecule has 0 bridgehead atoms. The lowest BCUT2D eigenvalue weighted by Crippen LogP contribution is -2.28. The van der Waals surface area contributed by atoms with Gasteiger partial charge in [-0.15, -0.1) is 0 Å². The predicted octanol–water partition coefficient (Wildman–Crippen LogP) is 4.24. The van der Waals surface area contributed by atoms with Gasteiger partial charge in [0.2, 0.25) is 0 Å². The van der Waals surface area contributed by atoms with Crippen molar-refractivity contribution in [1.29, 1.82) is 0 Å². The monoisotopic (exact) mass is 450 g/mol. The highest BCUT2D eigenvalue weighted by molar-refractivity contribution is 5.99. The maximum atomic E-state index is 12.9. The Hall–Kier alpha value is -3.88. The zero-order valence-corrected chi connectivity index (χ0v) is 18.5. The number of aromatic nitrogens is 2. The summed E-state index contributed by atoms with van der Waals surface area (Å²) in [6.07, 6.45) is 3.52. The summed E-state index contributed by atoms with van der Waals surface area (Å²) in [5.74, 6) is 0.249. The van der Waals surface area contributed by atoms with Gasteiger partial charge in [0.25, 0.3) is 11.6 Å². The van der Waals surface area contributed by atoms with E-state index in [1.165, 1.54) is 17.0 Å². The number of amides is 1. The second-order valence-electron chi connectivity index (χ2n) is 7.95. The Morgan fingerprint density at radius 3 is 2.55 bits per heavy atom. The number of fused-ring (bicyclic) bond motifs is 1. The van der Waals surface area contributed by atoms with E-state index in [0.29, 0.717) is 31.3 Å². The number of nitrogens with zero attached hydrogens (tertiary/aromatic N) is 3. The van der Waals surface area contributed by atoms with Crippen molar-refractivity contribution in [2.75, 3.05) is 26.8 Å². The second kappa shape index (κ2) is 10.2. The minimum absolute atomic E-state index is 0.0117. The number of nitro benzene ring substituents is 1. The average Bonchev–Trinajstić information content (AvgIpc) is 3.32. The van der Waals surface area contributed by atoms with Gasteiger partial charge in [-0.05, 0) is 25.3 Å². The smallest absolute Gasteiger partial charge is 0.286 e. The van der Waals surface area contributed by atoms with E-state index >= 15 is 0 Å². The van der Waals surface area contributed by atoms with Gasteiger partial charge >= 0.3 is 0 Å². The van der Waals surface area contributed by atoms with E-state index < -0.39 is 10.8 Å². The van der Waals surface area contributed by atoms with Gasteiger partial charge in [-0.1, -0.05) is 36.8 Å². The van der Waals surface area contributed by atoms with Gasteiger partial charge in [0, 0.05) is 30.9 Å². The highest BCUT2D eigenvalue weighted by Crippen LogP contribution is 2.37. The maximum Gasteiger partial charge on any atom is 0.286 e. The molecule has 3 aromatic rings. The number of rotatable bonds is 9. The fraction of sp³-hybridized carbons (Fsp3) is 0.333. The Morgan fingerprint density at radius 1 is 1.09 bits per heavy atom. The minimum atomic E-state index is -0.562. The number of nitrogens with one attached hydrogen (secondary N) is 1. The molecule has 0 saturated heterocycles. The lowest BCUT2D eigenvalue weighted by atomic mass is 10.1. The quantitative estimate of drug-likeness (QED) is 0.297. The van der Waals surface area contributed by atoms with Crippen molar-refractivity contribution in [3.63, 3.8) is 0 Å². The first-order valence-electron chi connectivity index (χ1n) is 11.0. The molecule has 0 aliphatic carbocycles. The third-order valence-electron chi connectivity index (χ3n) is 5.57. The van der Waals surface area contributed by atoms with Crippen LogP contribution in [0.4, 0.5) is 5.69 Å². The molecule has 1 aliphatic rings. The number of H-pyrrole nitrogens is 1. The standard InChI is InChI=1S/C24H26N4O5/c1-27(24(29)19-15-22-23(33-13-12-32-22)16-21(19)28(30)31)11-7-3-6-10-18-14-20(26-25-18)17-8-4-2-5-9-17/h2,4-5,8-9,14-16H,3,6-7,10-13H2,1H3,(H,25,26). The molecule has 2 heterocycles. The van der Waals surface area contributed by atoms with Crippen LogP contribution in [0.3, 0.4) is 0 Å². The molecule has 1 aromatic heterocycles. The molecule has 0 spiro atoms. The average molecular weight is 450 g/mol. The summed E-state index contributed by atoms with van der Waals surface area (Å²) in [5.41, 5.74) is 2.82. The number of hydrogen-bond donors (Lipinski definition) is 1. The Balaban J connectivity index is 1.28. The first-order valence-corrected chi connectivity index (χ1v) is 11.0. The third-order valence-corrected chi connectivity index (χ3v) is 5.57. The first-order chi connectivity index (χ1) is 16.0. The highest BCUT2D eigenvalue weighted by atomic mass is 16.6. The number of carbonyl (C=O) groups is 1. The molecule has 33 heavy (non-hydrogen) atoms. The molecule has 1 N–H and O–H groups in total. The zero-order valence-electron chi connectivity index (χ0n) is 18.5. The number of carbonyl (C=O) groups excluding carboxylic acids is 1. The summed E-state index contributed by atoms with van der Waals surface area (Å²) < 4.78 is 10.9. The number of aryl methyl sites for hydroxylation is 1. The summed E-state index contributed by atoms with van der Waals surface area (Å²) >= 11 is 0. The molecular formula is C24H26N4O5. The van der Waals surface area contributed by atoms with E-state index in [-0.39, 0.29) is 11.3 Å². The van der Waals surface area contributed by atoms with Crippen LogP contribution in [0.15, 0.2) is 48.5 Å². The van der Waals surface area contributed by atoms with Crippen molar-refractivity contribution in [3.8, 4) is 22.8 Å². The van der Waals surface area contributed by atoms with Crippen molar-refractivity contribution in [2.45, 2.75) is 25.7 Å². The molecule has 0 unspecified atom stereocenters. The van der Waals surface area contributed by atoms with Gasteiger partial charge in [0.15, 0.2) is 11.5 Å². The van der Waals surface area contributed by atoms with Crippen LogP contribution in [0.1, 0.15) is 35.3 Å². The molecule has 0 radical (unpaired) electrons. The Labute approximate surface area is 191 Å². The molecule has 0 atom stereocenters. The summed E-state index contributed by atoms with van der Waals surface area (Å²) in [7, 11) is 1.66. The van der Waals surface area contributed by atoms with Crippen LogP contribution < -0.4 is 9.47 Å². The van der Waals surface area contributed by atoms with Crippen LogP contribution in [-0.2, 0) is 6.42 Å². The van der Waals surface area contributed by atoms with E-state index in [9.17, 15) is 14.9 Å². The molecule has 9 nitrogen and oxygen atoms in total. The van der Waals surface area contributed by atoms with Gasteiger partial charge < -0.3 is 14.4 Å². The Morgan fingerprint density at radius 2 is 1.82 bits per heavy atom. The number of ether oxygens (including phenoxy) is 2. The first kappa shape index (κ1) is 22.3. The SMILES string of the molecule is CN(CCCCCc1cc(-c2ccccc2)n[nH]1)C(=O)c1cc2c(cc1[N+](=O)[O-])OCCO2. The van der Waals surface area contributed by atoms with E-state index in [0.717, 1.165) is 42.6 Å². The van der Waals surface area contributed by atoms with Crippen LogP contribution >= 0.6 is 0 Å². The number of hydrogen-bond acceptors (Lipinski definition) is 6. The van der Waals surface area contributed by atoms with E-state index in [4.69, 9.17) is 9.47 Å². The molecule has 4 rings (SSSR count). The van der Waals surface area contributed by atoms with Crippen LogP contribution in [-0.4, -0.2) is 52.7 Å². The molecular weight excluding hydrogens is 424 g/mol. The van der Waals surface area contributed by atoms with Crippen molar-refractivity contribution in [2.24, 2.45) is 0 Å². The maximum absolute atomic E-state index is 12.9. The van der Waals surface area contributed by atoms with Crippen LogP contribution in [0, 0.1) is 10.1 Å². The van der Waals surface area contributed by atoms with Gasteiger partial charge in [0.05, 0.1) is 16.7 Å². The number of nitro groups is 1. The van der Waals surface area contributed by atoms with E-state index in [1.54, 1.807) is 7.05 Å². The number of aromatic amines is 1. The highest BCUT2D eigenvalue weighted by Gasteiger charge is 2.28. The number of benzene rings is 2. The largest absolute Gasteiger partial charge is 0.486 e. The fourth-order valence-electron chi connectivity index (χ4n) is 3.80. The van der Waals surface area contributed by atoms with Gasteiger partial charge in [0.1, 0.15) is 18.8 Å². The molecule has 9 heteroatoms. The fourth-order valence-corrected chi connectivity index (χ4v) is 3.80. The lowest BCUT2D eigenvalue weighted by Gasteiger charge is -2.21. The summed E-state index contributed by atoms with van der Waals surface area (Å²) in [5, 5.41) is 18.9. The third kappa shape index (κ3) is 5.31. The zero-order chi connectivity index (χ0) is 23.2. The van der Waals surface area contributed by atoms with E-state index in [1.807, 2.05) is 30.3 Å². The Kier molecular flexibility index (Phi) is 6.87. The van der Waals surface area contributed by atoms with Crippen molar-refractivity contribution >= 4 is 11.6 Å². The van der Waals surface area contributed by atoms with Crippen LogP contribution in [0.2, 0.25) is 0 Å². The topological polar surface area (TPSA) is 111 Å². The van der Waals surface area contributed by atoms with E-state index in [2.05, 4.69) is 16.3 Å². The second-order valence-corrected chi connectivity index (χ2v) is 7.95. The normalized spacial score (nSPS) is 12.4. The predicted molar refractivity (Wildman–Crippen MR) is 123 cm³/mol. The lowest BCUT2D eigenvalue weighted by molar-refractivity contribution is -0.385. The molecule has 2 aromatic carbocycles.